The van der Waals surface area contributed by atoms with E-state index in [2.05, 4.69) is 63.1 Å². The normalized spacial score (nSPS) is 11.8. The molecule has 5 rings (SSSR count). The van der Waals surface area contributed by atoms with E-state index in [1.165, 1.54) is 29.5 Å². The number of anilines is 2. The predicted molar refractivity (Wildman–Crippen MR) is 178 cm³/mol. The molecule has 0 aliphatic carbocycles. The van der Waals surface area contributed by atoms with Gasteiger partial charge in [0.15, 0.2) is 11.0 Å². The number of rotatable bonds is 9. The van der Waals surface area contributed by atoms with Crippen LogP contribution in [0.25, 0.3) is 17.1 Å². The van der Waals surface area contributed by atoms with E-state index in [1.54, 1.807) is 32.0 Å². The number of hydrogen-bond donors (Lipinski definition) is 2. The van der Waals surface area contributed by atoms with Gasteiger partial charge in [-0.15, -0.1) is 10.2 Å². The quantitative estimate of drug-likeness (QED) is 0.175. The zero-order chi connectivity index (χ0) is 32.4. The van der Waals surface area contributed by atoms with Crippen LogP contribution in [0.3, 0.4) is 0 Å². The standard InChI is InChI=1S/C33H35N7O3S2/c1-21-7-15-27(16-8-21)40-31(24-9-11-25(12-10-24)33(4,5)6)37-38-32(40)44-20-30(41)36-26-13-17-28(18-14-26)45(42,43)39-29-19-22(2)34-23(3)35-29/h7-19H,20H2,1-6H3,(H,36,41)(H,34,35,39). The molecule has 0 aliphatic heterocycles. The minimum atomic E-state index is -3.88. The monoisotopic (exact) mass is 641 g/mol. The van der Waals surface area contributed by atoms with E-state index in [9.17, 15) is 13.2 Å². The Morgan fingerprint density at radius 3 is 2.16 bits per heavy atom. The summed E-state index contributed by atoms with van der Waals surface area (Å²) in [5, 5.41) is 12.3. The highest BCUT2D eigenvalue weighted by Gasteiger charge is 2.20. The van der Waals surface area contributed by atoms with Crippen LogP contribution in [0.1, 0.15) is 43.4 Å². The van der Waals surface area contributed by atoms with Gasteiger partial charge in [0, 0.05) is 28.7 Å². The first-order chi connectivity index (χ1) is 21.3. The summed E-state index contributed by atoms with van der Waals surface area (Å²) in [7, 11) is -3.88. The third-order valence-corrected chi connectivity index (χ3v) is 9.22. The topological polar surface area (TPSA) is 132 Å². The molecule has 0 unspecified atom stereocenters. The van der Waals surface area contributed by atoms with E-state index in [-0.39, 0.29) is 27.8 Å². The van der Waals surface area contributed by atoms with Gasteiger partial charge in [0.2, 0.25) is 5.91 Å². The number of carbonyl (C=O) groups excluding carboxylic acids is 1. The van der Waals surface area contributed by atoms with Gasteiger partial charge >= 0.3 is 0 Å². The average Bonchev–Trinajstić information content (AvgIpc) is 3.39. The molecule has 1 amide bonds. The van der Waals surface area contributed by atoms with Crippen molar-refractivity contribution in [3.05, 3.63) is 102 Å². The van der Waals surface area contributed by atoms with Crippen molar-refractivity contribution in [2.45, 2.75) is 57.0 Å². The zero-order valence-electron chi connectivity index (χ0n) is 26.0. The maximum Gasteiger partial charge on any atom is 0.263 e. The van der Waals surface area contributed by atoms with E-state index in [4.69, 9.17) is 0 Å². The van der Waals surface area contributed by atoms with Gasteiger partial charge in [-0.05, 0) is 68.1 Å². The first kappa shape index (κ1) is 31.9. The van der Waals surface area contributed by atoms with E-state index < -0.39 is 10.0 Å². The number of benzene rings is 3. The number of amides is 1. The molecule has 0 spiro atoms. The minimum absolute atomic E-state index is 0.0267. The lowest BCUT2D eigenvalue weighted by atomic mass is 9.87. The van der Waals surface area contributed by atoms with Crippen molar-refractivity contribution in [1.29, 1.82) is 0 Å². The summed E-state index contributed by atoms with van der Waals surface area (Å²) in [6, 6.07) is 23.9. The van der Waals surface area contributed by atoms with E-state index in [0.29, 0.717) is 28.2 Å². The van der Waals surface area contributed by atoms with Crippen LogP contribution in [-0.2, 0) is 20.2 Å². The Morgan fingerprint density at radius 1 is 0.867 bits per heavy atom. The summed E-state index contributed by atoms with van der Waals surface area (Å²) in [6.07, 6.45) is 0. The van der Waals surface area contributed by atoms with Crippen molar-refractivity contribution in [2.75, 3.05) is 15.8 Å². The van der Waals surface area contributed by atoms with Crippen LogP contribution >= 0.6 is 11.8 Å². The summed E-state index contributed by atoms with van der Waals surface area (Å²) in [5.74, 6) is 1.14. The van der Waals surface area contributed by atoms with Gasteiger partial charge in [0.05, 0.1) is 10.6 Å². The van der Waals surface area contributed by atoms with Gasteiger partial charge in [0.25, 0.3) is 10.0 Å². The number of aromatic nitrogens is 5. The largest absolute Gasteiger partial charge is 0.325 e. The molecule has 232 valence electrons. The van der Waals surface area contributed by atoms with Crippen LogP contribution in [-0.4, -0.2) is 44.8 Å². The number of carbonyl (C=O) groups is 1. The molecule has 10 nitrogen and oxygen atoms in total. The second-order valence-corrected chi connectivity index (χ2v) is 14.3. The van der Waals surface area contributed by atoms with Crippen LogP contribution < -0.4 is 10.0 Å². The molecule has 0 saturated carbocycles. The van der Waals surface area contributed by atoms with Crippen molar-refractivity contribution in [2.24, 2.45) is 0 Å². The summed E-state index contributed by atoms with van der Waals surface area (Å²) < 4.78 is 30.2. The highest BCUT2D eigenvalue weighted by molar-refractivity contribution is 7.99. The fourth-order valence-corrected chi connectivity index (χ4v) is 6.35. The number of hydrogen-bond acceptors (Lipinski definition) is 8. The van der Waals surface area contributed by atoms with Crippen LogP contribution in [0.15, 0.2) is 88.9 Å². The fourth-order valence-electron chi connectivity index (χ4n) is 4.61. The third kappa shape index (κ3) is 7.76. The molecule has 3 aromatic carbocycles. The van der Waals surface area contributed by atoms with Crippen molar-refractivity contribution < 1.29 is 13.2 Å². The molecule has 0 radical (unpaired) electrons. The van der Waals surface area contributed by atoms with Crippen molar-refractivity contribution in [3.63, 3.8) is 0 Å². The number of nitrogens with zero attached hydrogens (tertiary/aromatic N) is 5. The molecule has 2 heterocycles. The second-order valence-electron chi connectivity index (χ2n) is 11.7. The summed E-state index contributed by atoms with van der Waals surface area (Å²) >= 11 is 1.27. The van der Waals surface area contributed by atoms with Crippen LogP contribution in [0, 0.1) is 20.8 Å². The SMILES string of the molecule is Cc1ccc(-n2c(SCC(=O)Nc3ccc(S(=O)(=O)Nc4cc(C)nc(C)n4)cc3)nnc2-c2ccc(C(C)(C)C)cc2)cc1. The van der Waals surface area contributed by atoms with E-state index in [0.717, 1.165) is 16.8 Å². The molecule has 0 bridgehead atoms. The Bertz CT molecular complexity index is 1910. The molecule has 45 heavy (non-hydrogen) atoms. The highest BCUT2D eigenvalue weighted by Crippen LogP contribution is 2.30. The van der Waals surface area contributed by atoms with Crippen LogP contribution in [0.4, 0.5) is 11.5 Å². The number of nitrogens with one attached hydrogen (secondary N) is 2. The lowest BCUT2D eigenvalue weighted by Crippen LogP contribution is -2.16. The molecule has 0 fully saturated rings. The molecular weight excluding hydrogens is 607 g/mol. The Balaban J connectivity index is 1.29. The van der Waals surface area contributed by atoms with Crippen molar-refractivity contribution >= 4 is 39.2 Å². The minimum Gasteiger partial charge on any atom is -0.325 e. The van der Waals surface area contributed by atoms with Gasteiger partial charge in [-0.1, -0.05) is 74.5 Å². The maximum atomic E-state index is 12.9. The zero-order valence-corrected chi connectivity index (χ0v) is 27.6. The predicted octanol–water partition coefficient (Wildman–Crippen LogP) is 6.48. The third-order valence-electron chi connectivity index (χ3n) is 6.92. The molecule has 2 aromatic heterocycles. The van der Waals surface area contributed by atoms with Gasteiger partial charge in [-0.3, -0.25) is 14.1 Å². The Hall–Kier alpha value is -4.55. The average molecular weight is 642 g/mol. The van der Waals surface area contributed by atoms with Gasteiger partial charge < -0.3 is 5.32 Å². The number of sulfonamides is 1. The molecule has 0 saturated heterocycles. The lowest BCUT2D eigenvalue weighted by molar-refractivity contribution is -0.113. The molecule has 0 atom stereocenters. The molecule has 2 N–H and O–H groups in total. The highest BCUT2D eigenvalue weighted by atomic mass is 32.2. The fraction of sp³-hybridized carbons (Fsp3) is 0.242. The Labute approximate surface area is 267 Å². The molecular formula is C33H35N7O3S2. The van der Waals surface area contributed by atoms with Crippen LogP contribution in [0.2, 0.25) is 0 Å². The van der Waals surface area contributed by atoms with E-state index >= 15 is 0 Å². The maximum absolute atomic E-state index is 12.9. The lowest BCUT2D eigenvalue weighted by Gasteiger charge is -2.19. The van der Waals surface area contributed by atoms with Gasteiger partial charge in [-0.25, -0.2) is 18.4 Å². The van der Waals surface area contributed by atoms with Crippen molar-refractivity contribution in [1.82, 2.24) is 24.7 Å². The molecule has 12 heteroatoms. The summed E-state index contributed by atoms with van der Waals surface area (Å²) in [5.41, 5.74) is 5.30. The Kier molecular flexibility index (Phi) is 9.08. The van der Waals surface area contributed by atoms with Crippen molar-refractivity contribution in [3.8, 4) is 17.1 Å². The molecule has 5 aromatic rings. The number of aryl methyl sites for hydroxylation is 3. The van der Waals surface area contributed by atoms with E-state index in [1.807, 2.05) is 47.9 Å². The van der Waals surface area contributed by atoms with Gasteiger partial charge in [0.1, 0.15) is 11.6 Å². The smallest absolute Gasteiger partial charge is 0.263 e. The summed E-state index contributed by atoms with van der Waals surface area (Å²) in [6.45, 7) is 12.0. The summed E-state index contributed by atoms with van der Waals surface area (Å²) in [4.78, 5) is 21.3. The Morgan fingerprint density at radius 2 is 1.53 bits per heavy atom. The second kappa shape index (κ2) is 12.8. The first-order valence-electron chi connectivity index (χ1n) is 14.3. The van der Waals surface area contributed by atoms with Gasteiger partial charge in [-0.2, -0.15) is 0 Å². The number of thioether (sulfide) groups is 1. The first-order valence-corrected chi connectivity index (χ1v) is 16.8. The molecule has 0 aliphatic rings. The van der Waals surface area contributed by atoms with Crippen LogP contribution in [0.5, 0.6) is 0 Å².